The summed E-state index contributed by atoms with van der Waals surface area (Å²) in [4.78, 5) is 0. The number of rotatable bonds is 5. The molecule has 3 atom stereocenters. The van der Waals surface area contributed by atoms with Gasteiger partial charge in [-0.05, 0) is 25.2 Å². The minimum Gasteiger partial charge on any atom is -0.493 e. The molecule has 3 N–H and O–H groups in total. The molecule has 0 saturated heterocycles. The normalized spacial score (nSPS) is 25.5. The molecule has 5 heteroatoms. The highest BCUT2D eigenvalue weighted by molar-refractivity contribution is 5.30. The van der Waals surface area contributed by atoms with Crippen molar-refractivity contribution in [2.24, 2.45) is 17.7 Å². The van der Waals surface area contributed by atoms with Crippen molar-refractivity contribution in [1.29, 1.82) is 0 Å². The third-order valence-electron chi connectivity index (χ3n) is 3.44. The van der Waals surface area contributed by atoms with Crippen LogP contribution >= 0.6 is 0 Å². The second-order valence-electron chi connectivity index (χ2n) is 4.44. The van der Waals surface area contributed by atoms with Crippen LogP contribution < -0.4 is 16.0 Å². The van der Waals surface area contributed by atoms with Crippen molar-refractivity contribution in [3.05, 3.63) is 11.9 Å². The number of aryl methyl sites for hydroxylation is 1. The van der Waals surface area contributed by atoms with Crippen LogP contribution in [-0.2, 0) is 6.54 Å². The maximum absolute atomic E-state index is 5.67. The van der Waals surface area contributed by atoms with Gasteiger partial charge in [-0.1, -0.05) is 6.92 Å². The topological polar surface area (TPSA) is 65.1 Å². The van der Waals surface area contributed by atoms with E-state index < -0.39 is 0 Å². The molecule has 1 aliphatic rings. The van der Waals surface area contributed by atoms with Crippen molar-refractivity contribution in [3.63, 3.8) is 0 Å². The molecule has 0 amide bonds. The van der Waals surface area contributed by atoms with Gasteiger partial charge in [0.15, 0.2) is 5.75 Å². The largest absolute Gasteiger partial charge is 0.493 e. The van der Waals surface area contributed by atoms with Crippen molar-refractivity contribution in [1.82, 2.24) is 15.2 Å². The van der Waals surface area contributed by atoms with Gasteiger partial charge in [-0.25, -0.2) is 0 Å². The lowest BCUT2D eigenvalue weighted by molar-refractivity contribution is 0.377. The van der Waals surface area contributed by atoms with Crippen LogP contribution in [0, 0.1) is 11.8 Å². The van der Waals surface area contributed by atoms with E-state index in [1.165, 1.54) is 6.42 Å². The Morgan fingerprint density at radius 1 is 1.75 bits per heavy atom. The molecule has 0 aromatic carbocycles. The zero-order valence-electron chi connectivity index (χ0n) is 10.1. The molecule has 2 rings (SSSR count). The number of hydrogen-bond acceptors (Lipinski definition) is 4. The van der Waals surface area contributed by atoms with Crippen LogP contribution in [0.2, 0.25) is 0 Å². The van der Waals surface area contributed by atoms with Crippen LogP contribution in [0.4, 0.5) is 0 Å². The molecule has 3 unspecified atom stereocenters. The van der Waals surface area contributed by atoms with Crippen molar-refractivity contribution in [2.75, 3.05) is 7.11 Å². The first-order valence-electron chi connectivity index (χ1n) is 5.78. The van der Waals surface area contributed by atoms with Gasteiger partial charge >= 0.3 is 0 Å². The Bertz CT molecular complexity index is 341. The monoisotopic (exact) mass is 224 g/mol. The van der Waals surface area contributed by atoms with Crippen molar-refractivity contribution < 1.29 is 4.74 Å². The predicted molar refractivity (Wildman–Crippen MR) is 61.8 cm³/mol. The fraction of sp³-hybridized carbons (Fsp3) is 0.727. The highest BCUT2D eigenvalue weighted by atomic mass is 16.5. The summed E-state index contributed by atoms with van der Waals surface area (Å²) in [5.74, 6) is 7.82. The zero-order chi connectivity index (χ0) is 11.7. The number of nitrogens with zero attached hydrogens (tertiary/aromatic N) is 2. The van der Waals surface area contributed by atoms with E-state index in [-0.39, 0.29) is 6.04 Å². The van der Waals surface area contributed by atoms with Crippen LogP contribution in [-0.4, -0.2) is 16.9 Å². The van der Waals surface area contributed by atoms with Gasteiger partial charge in [0.05, 0.1) is 25.0 Å². The highest BCUT2D eigenvalue weighted by Gasteiger charge is 2.42. The van der Waals surface area contributed by atoms with Crippen molar-refractivity contribution in [2.45, 2.75) is 32.9 Å². The summed E-state index contributed by atoms with van der Waals surface area (Å²) in [6.45, 7) is 5.14. The van der Waals surface area contributed by atoms with Gasteiger partial charge in [-0.3, -0.25) is 16.0 Å². The first-order valence-corrected chi connectivity index (χ1v) is 5.78. The van der Waals surface area contributed by atoms with Crippen LogP contribution in [0.1, 0.15) is 32.0 Å². The maximum atomic E-state index is 5.67. The van der Waals surface area contributed by atoms with Crippen molar-refractivity contribution >= 4 is 0 Å². The Balaban J connectivity index is 2.31. The average Bonchev–Trinajstić information content (AvgIpc) is 2.87. The minimum atomic E-state index is 0.146. The Hall–Kier alpha value is -1.07. The molecular formula is C11H20N4O. The Morgan fingerprint density at radius 2 is 2.44 bits per heavy atom. The maximum Gasteiger partial charge on any atom is 0.161 e. The molecule has 1 heterocycles. The minimum absolute atomic E-state index is 0.146. The Labute approximate surface area is 95.9 Å². The van der Waals surface area contributed by atoms with Gasteiger partial charge in [-0.2, -0.15) is 5.10 Å². The Kier molecular flexibility index (Phi) is 3.16. The van der Waals surface area contributed by atoms with E-state index in [1.807, 2.05) is 4.68 Å². The van der Waals surface area contributed by atoms with E-state index in [9.17, 15) is 0 Å². The quantitative estimate of drug-likeness (QED) is 0.580. The van der Waals surface area contributed by atoms with E-state index in [0.29, 0.717) is 5.92 Å². The molecule has 0 bridgehead atoms. The van der Waals surface area contributed by atoms with E-state index >= 15 is 0 Å². The summed E-state index contributed by atoms with van der Waals surface area (Å²) < 4.78 is 7.30. The molecule has 5 nitrogen and oxygen atoms in total. The van der Waals surface area contributed by atoms with Crippen LogP contribution in [0.25, 0.3) is 0 Å². The summed E-state index contributed by atoms with van der Waals surface area (Å²) in [6.07, 6.45) is 2.98. The third kappa shape index (κ3) is 1.81. The van der Waals surface area contributed by atoms with Gasteiger partial charge in [0.2, 0.25) is 0 Å². The van der Waals surface area contributed by atoms with Gasteiger partial charge in [-0.15, -0.1) is 0 Å². The van der Waals surface area contributed by atoms with Crippen LogP contribution in [0.3, 0.4) is 0 Å². The standard InChI is InChI=1S/C11H20N4O/c1-4-15-11(9(16-3)6-13-15)10(14-12)8-5-7(8)2/h6-8,10,14H,4-5,12H2,1-3H3. The third-order valence-corrected chi connectivity index (χ3v) is 3.44. The molecule has 90 valence electrons. The van der Waals surface area contributed by atoms with Gasteiger partial charge < -0.3 is 4.74 Å². The first kappa shape index (κ1) is 11.4. The summed E-state index contributed by atoms with van der Waals surface area (Å²) in [7, 11) is 1.67. The summed E-state index contributed by atoms with van der Waals surface area (Å²) in [6, 6.07) is 0.146. The Morgan fingerprint density at radius 3 is 2.88 bits per heavy atom. The smallest absolute Gasteiger partial charge is 0.161 e. The molecule has 0 aliphatic heterocycles. The first-order chi connectivity index (χ1) is 7.72. The van der Waals surface area contributed by atoms with E-state index in [2.05, 4.69) is 24.4 Å². The van der Waals surface area contributed by atoms with Gasteiger partial charge in [0.25, 0.3) is 0 Å². The SMILES string of the molecule is CCn1ncc(OC)c1C(NN)C1CC1C. The number of hydrogen-bond donors (Lipinski definition) is 2. The van der Waals surface area contributed by atoms with E-state index in [0.717, 1.165) is 23.9 Å². The molecule has 1 aromatic heterocycles. The summed E-state index contributed by atoms with van der Waals surface area (Å²) in [5, 5.41) is 4.31. The second-order valence-corrected chi connectivity index (χ2v) is 4.44. The van der Waals surface area contributed by atoms with Crippen LogP contribution in [0.5, 0.6) is 5.75 Å². The van der Waals surface area contributed by atoms with Gasteiger partial charge in [0.1, 0.15) is 0 Å². The molecule has 1 fully saturated rings. The van der Waals surface area contributed by atoms with Gasteiger partial charge in [0, 0.05) is 6.54 Å². The number of aromatic nitrogens is 2. The number of hydrazine groups is 1. The number of nitrogens with one attached hydrogen (secondary N) is 1. The van der Waals surface area contributed by atoms with Crippen LogP contribution in [0.15, 0.2) is 6.20 Å². The molecule has 1 saturated carbocycles. The molecular weight excluding hydrogens is 204 g/mol. The fourth-order valence-corrected chi connectivity index (χ4v) is 2.32. The van der Waals surface area contributed by atoms with Crippen molar-refractivity contribution in [3.8, 4) is 5.75 Å². The second kappa shape index (κ2) is 4.43. The molecule has 16 heavy (non-hydrogen) atoms. The number of nitrogens with two attached hydrogens (primary N) is 1. The molecule has 0 radical (unpaired) electrons. The summed E-state index contributed by atoms with van der Waals surface area (Å²) >= 11 is 0. The number of ether oxygens (including phenoxy) is 1. The average molecular weight is 224 g/mol. The van der Waals surface area contributed by atoms with E-state index in [1.54, 1.807) is 13.3 Å². The lowest BCUT2D eigenvalue weighted by Gasteiger charge is -2.18. The summed E-state index contributed by atoms with van der Waals surface area (Å²) in [5.41, 5.74) is 3.98. The highest BCUT2D eigenvalue weighted by Crippen LogP contribution is 2.48. The van der Waals surface area contributed by atoms with E-state index in [4.69, 9.17) is 10.6 Å². The fourth-order valence-electron chi connectivity index (χ4n) is 2.32. The predicted octanol–water partition coefficient (Wildman–Crippen LogP) is 1.07. The molecule has 1 aromatic rings. The molecule has 1 aliphatic carbocycles. The lowest BCUT2D eigenvalue weighted by Crippen LogP contribution is -2.32. The number of methoxy groups -OCH3 is 1. The zero-order valence-corrected chi connectivity index (χ0v) is 10.1. The lowest BCUT2D eigenvalue weighted by atomic mass is 10.1. The molecule has 0 spiro atoms.